The number of nitrogens with zero attached hydrogens (tertiary/aromatic N) is 2. The number of hydrogen-bond donors (Lipinski definition) is 0. The summed E-state index contributed by atoms with van der Waals surface area (Å²) in [4.78, 5) is 8.47. The topological polar surface area (TPSA) is 25.8 Å². The van der Waals surface area contributed by atoms with Crippen molar-refractivity contribution in [1.82, 2.24) is 9.97 Å². The second-order valence-corrected chi connectivity index (χ2v) is 4.19. The number of rotatable bonds is 1. The van der Waals surface area contributed by atoms with Crippen molar-refractivity contribution in [3.8, 4) is 0 Å². The van der Waals surface area contributed by atoms with Gasteiger partial charge in [-0.15, -0.1) is 0 Å². The molecule has 0 saturated carbocycles. The second-order valence-electron chi connectivity index (χ2n) is 4.19. The van der Waals surface area contributed by atoms with E-state index in [4.69, 9.17) is 0 Å². The molecule has 66 valence electrons. The van der Waals surface area contributed by atoms with E-state index in [9.17, 15) is 0 Å². The highest BCUT2D eigenvalue weighted by molar-refractivity contribution is 4.99. The highest BCUT2D eigenvalue weighted by Gasteiger charge is 2.23. The molecule has 0 aliphatic rings. The van der Waals surface area contributed by atoms with Crippen LogP contribution in [0.5, 0.6) is 0 Å². The van der Waals surface area contributed by atoms with E-state index in [1.807, 2.05) is 6.07 Å². The van der Waals surface area contributed by atoms with Crippen LogP contribution in [0.15, 0.2) is 18.5 Å². The first-order valence-corrected chi connectivity index (χ1v) is 4.28. The fourth-order valence-electron chi connectivity index (χ4n) is 0.922. The van der Waals surface area contributed by atoms with Crippen molar-refractivity contribution in [1.29, 1.82) is 0 Å². The SMILES string of the molecule is C[C@H](c1ncccn1)C(C)(C)C. The maximum atomic E-state index is 4.23. The van der Waals surface area contributed by atoms with Gasteiger partial charge in [-0.3, -0.25) is 0 Å². The Balaban J connectivity index is 2.86. The van der Waals surface area contributed by atoms with E-state index >= 15 is 0 Å². The average molecular weight is 164 g/mol. The minimum atomic E-state index is 0.237. The first-order chi connectivity index (χ1) is 5.52. The summed E-state index contributed by atoms with van der Waals surface area (Å²) in [7, 11) is 0. The lowest BCUT2D eigenvalue weighted by molar-refractivity contribution is 0.328. The molecule has 2 heteroatoms. The van der Waals surface area contributed by atoms with Gasteiger partial charge in [0.15, 0.2) is 0 Å². The molecule has 0 aliphatic carbocycles. The van der Waals surface area contributed by atoms with Crippen LogP contribution in [-0.4, -0.2) is 9.97 Å². The summed E-state index contributed by atoms with van der Waals surface area (Å²) in [6.45, 7) is 8.77. The quantitative estimate of drug-likeness (QED) is 0.637. The van der Waals surface area contributed by atoms with E-state index < -0.39 is 0 Å². The third-order valence-corrected chi connectivity index (χ3v) is 2.27. The predicted octanol–water partition coefficient (Wildman–Crippen LogP) is 2.63. The molecule has 1 atom stereocenters. The van der Waals surface area contributed by atoms with Gasteiger partial charge in [0.25, 0.3) is 0 Å². The van der Waals surface area contributed by atoms with Gasteiger partial charge in [0.05, 0.1) is 0 Å². The van der Waals surface area contributed by atoms with Crippen molar-refractivity contribution in [2.75, 3.05) is 0 Å². The van der Waals surface area contributed by atoms with Crippen molar-refractivity contribution in [2.24, 2.45) is 5.41 Å². The summed E-state index contributed by atoms with van der Waals surface area (Å²) in [6.07, 6.45) is 3.59. The van der Waals surface area contributed by atoms with E-state index in [1.165, 1.54) is 0 Å². The van der Waals surface area contributed by atoms with Crippen LogP contribution in [0.2, 0.25) is 0 Å². The molecule has 0 aliphatic heterocycles. The maximum absolute atomic E-state index is 4.23. The Kier molecular flexibility index (Phi) is 2.46. The second kappa shape index (κ2) is 3.21. The van der Waals surface area contributed by atoms with E-state index in [2.05, 4.69) is 37.7 Å². The lowest BCUT2D eigenvalue weighted by atomic mass is 9.81. The normalized spacial score (nSPS) is 14.3. The zero-order valence-electron chi connectivity index (χ0n) is 8.20. The first kappa shape index (κ1) is 9.17. The summed E-state index contributed by atoms with van der Waals surface area (Å²) in [5.74, 6) is 1.34. The smallest absolute Gasteiger partial charge is 0.131 e. The predicted molar refractivity (Wildman–Crippen MR) is 49.9 cm³/mol. The molecule has 1 aromatic rings. The van der Waals surface area contributed by atoms with Crippen LogP contribution in [0.4, 0.5) is 0 Å². The fraction of sp³-hybridized carbons (Fsp3) is 0.600. The molecule has 0 spiro atoms. The highest BCUT2D eigenvalue weighted by atomic mass is 14.9. The lowest BCUT2D eigenvalue weighted by Gasteiger charge is -2.25. The van der Waals surface area contributed by atoms with Crippen LogP contribution in [-0.2, 0) is 0 Å². The van der Waals surface area contributed by atoms with E-state index in [0.717, 1.165) is 5.82 Å². The molecule has 1 rings (SSSR count). The van der Waals surface area contributed by atoms with Gasteiger partial charge in [-0.2, -0.15) is 0 Å². The Morgan fingerprint density at radius 2 is 1.67 bits per heavy atom. The van der Waals surface area contributed by atoms with Gasteiger partial charge < -0.3 is 0 Å². The van der Waals surface area contributed by atoms with Crippen LogP contribution < -0.4 is 0 Å². The Hall–Kier alpha value is -0.920. The highest BCUT2D eigenvalue weighted by Crippen LogP contribution is 2.31. The van der Waals surface area contributed by atoms with Crippen LogP contribution in [0, 0.1) is 5.41 Å². The van der Waals surface area contributed by atoms with Gasteiger partial charge in [-0.25, -0.2) is 9.97 Å². The third-order valence-electron chi connectivity index (χ3n) is 2.27. The zero-order chi connectivity index (χ0) is 9.19. The van der Waals surface area contributed by atoms with Gasteiger partial charge in [0.2, 0.25) is 0 Å². The van der Waals surface area contributed by atoms with E-state index in [-0.39, 0.29) is 5.41 Å². The molecule has 12 heavy (non-hydrogen) atoms. The van der Waals surface area contributed by atoms with Crippen molar-refractivity contribution in [2.45, 2.75) is 33.6 Å². The summed E-state index contributed by atoms with van der Waals surface area (Å²) in [5.41, 5.74) is 0.237. The van der Waals surface area contributed by atoms with Gasteiger partial charge in [-0.1, -0.05) is 27.7 Å². The zero-order valence-corrected chi connectivity index (χ0v) is 8.20. The van der Waals surface area contributed by atoms with Crippen LogP contribution in [0.25, 0.3) is 0 Å². The largest absolute Gasteiger partial charge is 0.241 e. The number of aromatic nitrogens is 2. The molecule has 0 fully saturated rings. The molecule has 1 aromatic heterocycles. The molecule has 0 unspecified atom stereocenters. The summed E-state index contributed by atoms with van der Waals surface area (Å²) >= 11 is 0. The van der Waals surface area contributed by atoms with Crippen molar-refractivity contribution in [3.63, 3.8) is 0 Å². The summed E-state index contributed by atoms with van der Waals surface area (Å²) in [5, 5.41) is 0. The minimum absolute atomic E-state index is 0.237. The molecule has 0 bridgehead atoms. The van der Waals surface area contributed by atoms with Crippen LogP contribution >= 0.6 is 0 Å². The molecule has 0 amide bonds. The minimum Gasteiger partial charge on any atom is -0.241 e. The molecule has 0 saturated heterocycles. The van der Waals surface area contributed by atoms with Crippen molar-refractivity contribution < 1.29 is 0 Å². The Morgan fingerprint density at radius 1 is 1.17 bits per heavy atom. The van der Waals surface area contributed by atoms with Crippen LogP contribution in [0.3, 0.4) is 0 Å². The third kappa shape index (κ3) is 2.03. The van der Waals surface area contributed by atoms with E-state index in [1.54, 1.807) is 12.4 Å². The molecular weight excluding hydrogens is 148 g/mol. The van der Waals surface area contributed by atoms with Gasteiger partial charge >= 0.3 is 0 Å². The fourth-order valence-corrected chi connectivity index (χ4v) is 0.922. The Bertz CT molecular complexity index is 236. The van der Waals surface area contributed by atoms with Gasteiger partial charge in [0.1, 0.15) is 5.82 Å². The molecule has 0 N–H and O–H groups in total. The summed E-state index contributed by atoms with van der Waals surface area (Å²) in [6, 6.07) is 1.85. The molecule has 0 aromatic carbocycles. The van der Waals surface area contributed by atoms with Crippen molar-refractivity contribution in [3.05, 3.63) is 24.3 Å². The van der Waals surface area contributed by atoms with Gasteiger partial charge in [0, 0.05) is 18.3 Å². The van der Waals surface area contributed by atoms with Crippen LogP contribution in [0.1, 0.15) is 39.4 Å². The standard InChI is InChI=1S/C10H16N2/c1-8(10(2,3)4)9-11-6-5-7-12-9/h5-8H,1-4H3/t8-/m1/s1. The Morgan fingerprint density at radius 3 is 2.08 bits per heavy atom. The van der Waals surface area contributed by atoms with Crippen molar-refractivity contribution >= 4 is 0 Å². The number of hydrogen-bond acceptors (Lipinski definition) is 2. The monoisotopic (exact) mass is 164 g/mol. The maximum Gasteiger partial charge on any atom is 0.131 e. The molecule has 2 nitrogen and oxygen atoms in total. The van der Waals surface area contributed by atoms with E-state index in [0.29, 0.717) is 5.92 Å². The molecule has 1 heterocycles. The average Bonchev–Trinajstić information content (AvgIpc) is 2.03. The van der Waals surface area contributed by atoms with Gasteiger partial charge in [-0.05, 0) is 11.5 Å². The summed E-state index contributed by atoms with van der Waals surface area (Å²) < 4.78 is 0. The molecule has 0 radical (unpaired) electrons. The Labute approximate surface area is 74.1 Å². The molecular formula is C10H16N2. The lowest BCUT2D eigenvalue weighted by Crippen LogP contribution is -2.17. The first-order valence-electron chi connectivity index (χ1n) is 4.28.